The second kappa shape index (κ2) is 6.06. The van der Waals surface area contributed by atoms with Crippen molar-refractivity contribution in [3.05, 3.63) is 21.6 Å². The normalized spacial score (nSPS) is 28.0. The smallest absolute Gasteiger partial charge is 0.327 e. The Hall–Kier alpha value is -1.56. The molecule has 1 saturated carbocycles. The Morgan fingerprint density at radius 2 is 2.17 bits per heavy atom. The fraction of sp³-hybridized carbons (Fsp3) is 0.706. The van der Waals surface area contributed by atoms with Gasteiger partial charge in [-0.15, -0.1) is 0 Å². The van der Waals surface area contributed by atoms with Gasteiger partial charge in [0.25, 0.3) is 5.56 Å². The molecule has 0 spiro atoms. The Morgan fingerprint density at radius 1 is 1.46 bits per heavy atom. The van der Waals surface area contributed by atoms with E-state index < -0.39 is 11.5 Å². The zero-order valence-corrected chi connectivity index (χ0v) is 15.3. The number of carbonyl (C=O) groups excluding carboxylic acids is 1. The maximum atomic E-state index is 12.5. The molecule has 0 aromatic carbocycles. The van der Waals surface area contributed by atoms with Crippen LogP contribution in [0.2, 0.25) is 5.02 Å². The summed E-state index contributed by atoms with van der Waals surface area (Å²) in [5.74, 6) is 0.0767. The number of aromatic nitrogens is 2. The van der Waals surface area contributed by atoms with Gasteiger partial charge in [0.1, 0.15) is 11.6 Å². The lowest BCUT2D eigenvalue weighted by Crippen LogP contribution is -2.38. The molecule has 2 aliphatic rings. The second-order valence-corrected chi connectivity index (χ2v) is 8.13. The fourth-order valence-corrected chi connectivity index (χ4v) is 4.68. The zero-order valence-electron chi connectivity index (χ0n) is 14.6. The molecule has 132 valence electrons. The van der Waals surface area contributed by atoms with Crippen LogP contribution in [-0.2, 0) is 16.1 Å². The summed E-state index contributed by atoms with van der Waals surface area (Å²) in [6.07, 6.45) is 5.00. The molecule has 2 heterocycles. The van der Waals surface area contributed by atoms with Gasteiger partial charge in [0.2, 0.25) is 0 Å². The minimum absolute atomic E-state index is 0.131. The highest BCUT2D eigenvalue weighted by atomic mass is 35.5. The molecular weight excluding hydrogens is 330 g/mol. The molecule has 1 saturated heterocycles. The number of esters is 1. The van der Waals surface area contributed by atoms with Crippen molar-refractivity contribution in [3.8, 4) is 0 Å². The third-order valence-electron chi connectivity index (χ3n) is 5.44. The first-order valence-corrected chi connectivity index (χ1v) is 8.72. The molecule has 7 heteroatoms. The lowest BCUT2D eigenvalue weighted by Gasteiger charge is -2.35. The number of carbonyl (C=O) groups is 1. The number of anilines is 1. The molecule has 0 unspecified atom stereocenters. The molecule has 3 atom stereocenters. The van der Waals surface area contributed by atoms with Crippen molar-refractivity contribution < 1.29 is 9.53 Å². The summed E-state index contributed by atoms with van der Waals surface area (Å²) in [7, 11) is 1.28. The maximum absolute atomic E-state index is 12.5. The van der Waals surface area contributed by atoms with E-state index in [1.165, 1.54) is 13.5 Å². The van der Waals surface area contributed by atoms with Crippen molar-refractivity contribution in [3.63, 3.8) is 0 Å². The Kier molecular flexibility index (Phi) is 4.36. The lowest BCUT2D eigenvalue weighted by molar-refractivity contribution is -0.141. The molecule has 0 N–H and O–H groups in total. The first-order chi connectivity index (χ1) is 11.2. The van der Waals surface area contributed by atoms with Crippen LogP contribution in [-0.4, -0.2) is 34.9 Å². The summed E-state index contributed by atoms with van der Waals surface area (Å²) in [5, 5.41) is 4.26. The summed E-state index contributed by atoms with van der Waals surface area (Å²) >= 11 is 6.36. The molecule has 2 bridgehead atoms. The van der Waals surface area contributed by atoms with E-state index in [0.717, 1.165) is 17.5 Å². The van der Waals surface area contributed by atoms with Gasteiger partial charge in [0.15, 0.2) is 0 Å². The highest BCUT2D eigenvalue weighted by Crippen LogP contribution is 2.50. The highest BCUT2D eigenvalue weighted by Gasteiger charge is 2.47. The zero-order chi connectivity index (χ0) is 17.6. The number of halogens is 1. The number of methoxy groups -OCH3 is 1. The minimum atomic E-state index is -0.527. The van der Waals surface area contributed by atoms with Crippen molar-refractivity contribution >= 4 is 23.3 Å². The first-order valence-electron chi connectivity index (χ1n) is 8.34. The summed E-state index contributed by atoms with van der Waals surface area (Å²) in [6, 6.07) is 0.704. The van der Waals surface area contributed by atoms with Gasteiger partial charge in [-0.05, 0) is 37.5 Å². The van der Waals surface area contributed by atoms with Crippen LogP contribution in [0.3, 0.4) is 0 Å². The predicted octanol–water partition coefficient (Wildman–Crippen LogP) is 2.47. The molecule has 2 fully saturated rings. The van der Waals surface area contributed by atoms with Crippen molar-refractivity contribution in [2.75, 3.05) is 12.0 Å². The fourth-order valence-electron chi connectivity index (χ4n) is 4.44. The van der Waals surface area contributed by atoms with E-state index in [4.69, 9.17) is 11.6 Å². The first kappa shape index (κ1) is 17.3. The van der Waals surface area contributed by atoms with Crippen molar-refractivity contribution in [1.82, 2.24) is 9.78 Å². The van der Waals surface area contributed by atoms with Crippen LogP contribution in [0.15, 0.2) is 11.0 Å². The van der Waals surface area contributed by atoms with Gasteiger partial charge in [-0.25, -0.2) is 4.68 Å². The lowest BCUT2D eigenvalue weighted by atomic mass is 9.71. The second-order valence-electron chi connectivity index (χ2n) is 7.75. The number of fused-ring (bicyclic) bond motifs is 2. The molecule has 0 radical (unpaired) electrons. The van der Waals surface area contributed by atoms with Crippen LogP contribution in [0, 0.1) is 11.3 Å². The monoisotopic (exact) mass is 353 g/mol. The van der Waals surface area contributed by atoms with E-state index in [9.17, 15) is 9.59 Å². The van der Waals surface area contributed by atoms with Crippen LogP contribution in [0.4, 0.5) is 5.69 Å². The largest absolute Gasteiger partial charge is 0.468 e. The standard InChI is InChI=1S/C17H24ClN3O3/c1-10-11-5-12(7-17(2,3)6-11)21(10)13-8-19-20(9-14(22)24-4)16(23)15(13)18/h8,10-12H,5-7,9H2,1-4H3/t10-,11-,12+/m0/s1. The third kappa shape index (κ3) is 2.92. The van der Waals surface area contributed by atoms with E-state index in [1.54, 1.807) is 6.20 Å². The van der Waals surface area contributed by atoms with Crippen molar-refractivity contribution in [1.29, 1.82) is 0 Å². The molecule has 1 aliphatic heterocycles. The molecular formula is C17H24ClN3O3. The predicted molar refractivity (Wildman–Crippen MR) is 92.4 cm³/mol. The molecule has 1 aliphatic carbocycles. The average molecular weight is 354 g/mol. The molecule has 3 rings (SSSR count). The van der Waals surface area contributed by atoms with Crippen molar-refractivity contribution in [2.45, 2.75) is 58.7 Å². The van der Waals surface area contributed by atoms with E-state index >= 15 is 0 Å². The molecule has 24 heavy (non-hydrogen) atoms. The highest BCUT2D eigenvalue weighted by molar-refractivity contribution is 6.33. The van der Waals surface area contributed by atoms with Crippen LogP contribution in [0.5, 0.6) is 0 Å². The van der Waals surface area contributed by atoms with E-state index in [1.807, 2.05) is 0 Å². The Balaban J connectivity index is 1.94. The van der Waals surface area contributed by atoms with Crippen molar-refractivity contribution in [2.24, 2.45) is 11.3 Å². The summed E-state index contributed by atoms with van der Waals surface area (Å²) in [4.78, 5) is 26.1. The van der Waals surface area contributed by atoms with Crippen LogP contribution < -0.4 is 10.5 Å². The van der Waals surface area contributed by atoms with Crippen LogP contribution >= 0.6 is 11.6 Å². The molecule has 1 aromatic heterocycles. The Morgan fingerprint density at radius 3 is 2.83 bits per heavy atom. The minimum Gasteiger partial charge on any atom is -0.468 e. The van der Waals surface area contributed by atoms with Gasteiger partial charge in [-0.3, -0.25) is 9.59 Å². The average Bonchev–Trinajstić information content (AvgIpc) is 2.74. The van der Waals surface area contributed by atoms with Gasteiger partial charge >= 0.3 is 5.97 Å². The Labute approximate surface area is 146 Å². The summed E-state index contributed by atoms with van der Waals surface area (Å²) in [6.45, 7) is 6.57. The van der Waals surface area contributed by atoms with Crippen LogP contribution in [0.25, 0.3) is 0 Å². The summed E-state index contributed by atoms with van der Waals surface area (Å²) < 4.78 is 5.63. The van der Waals surface area contributed by atoms with E-state index in [0.29, 0.717) is 29.1 Å². The van der Waals surface area contributed by atoms with Gasteiger partial charge in [-0.1, -0.05) is 25.4 Å². The van der Waals surface area contributed by atoms with Crippen LogP contribution in [0.1, 0.15) is 40.0 Å². The summed E-state index contributed by atoms with van der Waals surface area (Å²) in [5.41, 5.74) is 0.532. The number of rotatable bonds is 3. The molecule has 1 aromatic rings. The maximum Gasteiger partial charge on any atom is 0.327 e. The van der Waals surface area contributed by atoms with E-state index in [-0.39, 0.29) is 11.6 Å². The van der Waals surface area contributed by atoms with Gasteiger partial charge in [-0.2, -0.15) is 5.10 Å². The van der Waals surface area contributed by atoms with Gasteiger partial charge < -0.3 is 9.64 Å². The molecule has 0 amide bonds. The Bertz CT molecular complexity index is 716. The quantitative estimate of drug-likeness (QED) is 0.781. The topological polar surface area (TPSA) is 64.4 Å². The van der Waals surface area contributed by atoms with Gasteiger partial charge in [0.05, 0.1) is 19.0 Å². The number of nitrogens with zero attached hydrogens (tertiary/aromatic N) is 3. The number of hydrogen-bond acceptors (Lipinski definition) is 5. The molecule has 6 nitrogen and oxygen atoms in total. The van der Waals surface area contributed by atoms with E-state index in [2.05, 4.69) is 35.5 Å². The third-order valence-corrected chi connectivity index (χ3v) is 5.80. The SMILES string of the molecule is COC(=O)Cn1ncc(N2[C@@H]3C[C@@H](CC(C)(C)C3)[C@@H]2C)c(Cl)c1=O. The number of hydrogen-bond donors (Lipinski definition) is 0. The van der Waals surface area contributed by atoms with Gasteiger partial charge in [0, 0.05) is 12.1 Å². The number of ether oxygens (including phenoxy) is 1.